The first-order chi connectivity index (χ1) is 10.2. The van der Waals surface area contributed by atoms with Gasteiger partial charge in [-0.05, 0) is 40.2 Å². The minimum Gasteiger partial charge on any atom is -0.497 e. The number of imidazole rings is 1. The first-order valence-corrected chi connectivity index (χ1v) is 6.96. The normalized spacial score (nSPS) is 10.5. The molecule has 0 saturated heterocycles. The van der Waals surface area contributed by atoms with Crippen LogP contribution >= 0.6 is 15.9 Å². The molecule has 3 rings (SSSR count). The highest BCUT2D eigenvalue weighted by atomic mass is 79.9. The van der Waals surface area contributed by atoms with Gasteiger partial charge in [-0.3, -0.25) is 4.57 Å². The Hall–Kier alpha value is -2.52. The van der Waals surface area contributed by atoms with E-state index in [1.54, 1.807) is 17.7 Å². The lowest BCUT2D eigenvalue weighted by atomic mass is 10.2. The van der Waals surface area contributed by atoms with Crippen molar-refractivity contribution < 1.29 is 4.74 Å². The first-order valence-electron chi connectivity index (χ1n) is 6.16. The van der Waals surface area contributed by atoms with Gasteiger partial charge in [0, 0.05) is 10.5 Å². The zero-order valence-electron chi connectivity index (χ0n) is 11.2. The number of halogens is 1. The molecule has 2 N–H and O–H groups in total. The Morgan fingerprint density at radius 2 is 2.14 bits per heavy atom. The third-order valence-corrected chi connectivity index (χ3v) is 3.90. The summed E-state index contributed by atoms with van der Waals surface area (Å²) in [5.41, 5.74) is 8.73. The predicted molar refractivity (Wildman–Crippen MR) is 84.4 cm³/mol. The molecule has 0 unspecified atom stereocenters. The van der Waals surface area contributed by atoms with Crippen molar-refractivity contribution in [2.45, 2.75) is 0 Å². The van der Waals surface area contributed by atoms with Gasteiger partial charge in [0.15, 0.2) is 0 Å². The third-order valence-electron chi connectivity index (χ3n) is 3.23. The molecule has 0 bridgehead atoms. The number of hydrogen-bond donors (Lipinski definition) is 1. The summed E-state index contributed by atoms with van der Waals surface area (Å²) >= 11 is 3.51. The number of hydrogen-bond acceptors (Lipinski definition) is 4. The molecule has 5 nitrogen and oxygen atoms in total. The number of nitrogen functional groups attached to an aromatic ring is 1. The molecule has 0 aliphatic rings. The highest BCUT2D eigenvalue weighted by Crippen LogP contribution is 2.31. The standard InChI is InChI=1S/C15H11BrN4O/c1-21-10-5-6-11(16)13(7-10)20-12-4-2-3-9(8-17)14(12)19-15(20)18/h2-7H,1H3,(H2,18,19). The van der Waals surface area contributed by atoms with E-state index in [9.17, 15) is 5.26 Å². The number of nitriles is 1. The smallest absolute Gasteiger partial charge is 0.206 e. The molecular weight excluding hydrogens is 332 g/mol. The molecule has 0 aliphatic carbocycles. The Morgan fingerprint density at radius 1 is 1.33 bits per heavy atom. The lowest BCUT2D eigenvalue weighted by Crippen LogP contribution is -2.01. The van der Waals surface area contributed by atoms with Crippen LogP contribution in [0.3, 0.4) is 0 Å². The molecule has 0 saturated carbocycles. The summed E-state index contributed by atoms with van der Waals surface area (Å²) < 4.78 is 7.91. The number of nitrogens with two attached hydrogens (primary N) is 1. The minimum absolute atomic E-state index is 0.321. The van der Waals surface area contributed by atoms with Crippen LogP contribution in [0.1, 0.15) is 5.56 Å². The lowest BCUT2D eigenvalue weighted by Gasteiger charge is -2.10. The van der Waals surface area contributed by atoms with E-state index in [2.05, 4.69) is 27.0 Å². The topological polar surface area (TPSA) is 76.9 Å². The maximum Gasteiger partial charge on any atom is 0.206 e. The number of nitrogens with zero attached hydrogens (tertiary/aromatic N) is 3. The van der Waals surface area contributed by atoms with E-state index in [-0.39, 0.29) is 0 Å². The molecule has 0 fully saturated rings. The number of anilines is 1. The van der Waals surface area contributed by atoms with Gasteiger partial charge in [0.05, 0.1) is 23.9 Å². The van der Waals surface area contributed by atoms with Gasteiger partial charge in [-0.15, -0.1) is 0 Å². The first kappa shape index (κ1) is 13.5. The SMILES string of the molecule is COc1ccc(Br)c(-n2c(N)nc3c(C#N)cccc32)c1. The van der Waals surface area contributed by atoms with Crippen LogP contribution in [0.25, 0.3) is 16.7 Å². The van der Waals surface area contributed by atoms with Crippen molar-refractivity contribution in [1.29, 1.82) is 5.26 Å². The quantitative estimate of drug-likeness (QED) is 0.775. The van der Waals surface area contributed by atoms with Gasteiger partial charge in [0.25, 0.3) is 0 Å². The molecule has 0 spiro atoms. The Labute approximate surface area is 129 Å². The Bertz CT molecular complexity index is 879. The van der Waals surface area contributed by atoms with Crippen LogP contribution in [0.4, 0.5) is 5.95 Å². The van der Waals surface area contributed by atoms with Crippen LogP contribution in [0.15, 0.2) is 40.9 Å². The van der Waals surface area contributed by atoms with Crippen LogP contribution in [-0.2, 0) is 0 Å². The zero-order valence-corrected chi connectivity index (χ0v) is 12.8. The highest BCUT2D eigenvalue weighted by Gasteiger charge is 2.15. The van der Waals surface area contributed by atoms with Crippen LogP contribution < -0.4 is 10.5 Å². The second-order valence-corrected chi connectivity index (χ2v) is 5.26. The largest absolute Gasteiger partial charge is 0.497 e. The van der Waals surface area contributed by atoms with E-state index >= 15 is 0 Å². The predicted octanol–water partition coefficient (Wildman–Crippen LogP) is 3.25. The van der Waals surface area contributed by atoms with Gasteiger partial charge < -0.3 is 10.5 Å². The van der Waals surface area contributed by atoms with Crippen molar-refractivity contribution in [2.75, 3.05) is 12.8 Å². The Balaban J connectivity index is 2.36. The lowest BCUT2D eigenvalue weighted by molar-refractivity contribution is 0.414. The summed E-state index contributed by atoms with van der Waals surface area (Å²) in [6.07, 6.45) is 0. The molecule has 0 amide bonds. The van der Waals surface area contributed by atoms with Crippen LogP contribution in [0.5, 0.6) is 5.75 Å². The maximum absolute atomic E-state index is 9.17. The van der Waals surface area contributed by atoms with Gasteiger partial charge in [-0.25, -0.2) is 4.98 Å². The number of ether oxygens (including phenoxy) is 1. The summed E-state index contributed by atoms with van der Waals surface area (Å²) in [5.74, 6) is 1.03. The van der Waals surface area contributed by atoms with Crippen molar-refractivity contribution in [3.8, 4) is 17.5 Å². The molecule has 0 aliphatic heterocycles. The van der Waals surface area contributed by atoms with E-state index in [1.807, 2.05) is 30.3 Å². The number of rotatable bonds is 2. The Kier molecular flexibility index (Phi) is 3.28. The average molecular weight is 343 g/mol. The average Bonchev–Trinajstić information content (AvgIpc) is 2.83. The zero-order chi connectivity index (χ0) is 15.0. The molecule has 2 aromatic carbocycles. The molecule has 1 heterocycles. The molecular formula is C15H11BrN4O. The third kappa shape index (κ3) is 2.12. The fraction of sp³-hybridized carbons (Fsp3) is 0.0667. The molecule has 6 heteroatoms. The van der Waals surface area contributed by atoms with Crippen molar-refractivity contribution >= 4 is 32.9 Å². The van der Waals surface area contributed by atoms with Gasteiger partial charge in [0.1, 0.15) is 17.3 Å². The van der Waals surface area contributed by atoms with Crippen LogP contribution in [0, 0.1) is 11.3 Å². The van der Waals surface area contributed by atoms with Gasteiger partial charge in [0.2, 0.25) is 5.95 Å². The molecule has 0 radical (unpaired) electrons. The van der Waals surface area contributed by atoms with E-state index in [0.717, 1.165) is 15.7 Å². The number of aromatic nitrogens is 2. The maximum atomic E-state index is 9.17. The van der Waals surface area contributed by atoms with Crippen molar-refractivity contribution in [3.63, 3.8) is 0 Å². The highest BCUT2D eigenvalue weighted by molar-refractivity contribution is 9.10. The summed E-state index contributed by atoms with van der Waals surface area (Å²) in [4.78, 5) is 4.31. The van der Waals surface area contributed by atoms with E-state index < -0.39 is 0 Å². The van der Waals surface area contributed by atoms with Crippen molar-refractivity contribution in [1.82, 2.24) is 9.55 Å². The second kappa shape index (κ2) is 5.11. The summed E-state index contributed by atoms with van der Waals surface area (Å²) in [7, 11) is 1.61. The molecule has 104 valence electrons. The van der Waals surface area contributed by atoms with Gasteiger partial charge >= 0.3 is 0 Å². The van der Waals surface area contributed by atoms with E-state index in [1.165, 1.54) is 0 Å². The minimum atomic E-state index is 0.321. The summed E-state index contributed by atoms with van der Waals surface area (Å²) in [5, 5.41) is 9.17. The van der Waals surface area contributed by atoms with E-state index in [0.29, 0.717) is 22.8 Å². The number of fused-ring (bicyclic) bond motifs is 1. The number of benzene rings is 2. The fourth-order valence-electron chi connectivity index (χ4n) is 2.25. The molecule has 1 aromatic heterocycles. The summed E-state index contributed by atoms with van der Waals surface area (Å²) in [6.45, 7) is 0. The van der Waals surface area contributed by atoms with Crippen molar-refractivity contribution in [2.24, 2.45) is 0 Å². The molecule has 21 heavy (non-hydrogen) atoms. The van der Waals surface area contributed by atoms with Crippen LogP contribution in [0.2, 0.25) is 0 Å². The fourth-order valence-corrected chi connectivity index (χ4v) is 2.68. The van der Waals surface area contributed by atoms with Gasteiger partial charge in [-0.1, -0.05) is 6.07 Å². The second-order valence-electron chi connectivity index (χ2n) is 4.41. The van der Waals surface area contributed by atoms with Gasteiger partial charge in [-0.2, -0.15) is 5.26 Å². The molecule has 3 aromatic rings. The number of methoxy groups -OCH3 is 1. The van der Waals surface area contributed by atoms with Crippen molar-refractivity contribution in [3.05, 3.63) is 46.4 Å². The summed E-state index contributed by atoms with van der Waals surface area (Å²) in [6, 6.07) is 13.1. The molecule has 0 atom stereocenters. The number of para-hydroxylation sites is 1. The van der Waals surface area contributed by atoms with Crippen LogP contribution in [-0.4, -0.2) is 16.7 Å². The van der Waals surface area contributed by atoms with E-state index in [4.69, 9.17) is 10.5 Å². The monoisotopic (exact) mass is 342 g/mol. The Morgan fingerprint density at radius 3 is 2.86 bits per heavy atom.